The Morgan fingerprint density at radius 2 is 2.22 bits per heavy atom. The highest BCUT2D eigenvalue weighted by Crippen LogP contribution is 2.36. The number of alkyl halides is 2. The molecular weight excluding hydrogens is 240 g/mol. The minimum atomic E-state index is -2.50. The molecule has 3 nitrogen and oxygen atoms in total. The van der Waals surface area contributed by atoms with Crippen molar-refractivity contribution >= 4 is 0 Å². The van der Waals surface area contributed by atoms with E-state index in [1.54, 1.807) is 14.0 Å². The van der Waals surface area contributed by atoms with Crippen molar-refractivity contribution in [1.29, 1.82) is 0 Å². The number of hydrogen-bond donors (Lipinski definition) is 2. The number of methoxy groups -OCH3 is 1. The first kappa shape index (κ1) is 15.8. The van der Waals surface area contributed by atoms with Crippen LogP contribution >= 0.6 is 0 Å². The van der Waals surface area contributed by atoms with Gasteiger partial charge in [-0.25, -0.2) is 8.78 Å². The van der Waals surface area contributed by atoms with Crippen molar-refractivity contribution < 1.29 is 18.6 Å². The summed E-state index contributed by atoms with van der Waals surface area (Å²) in [6.07, 6.45) is 1.98. The Bertz CT molecular complexity index is 247. The van der Waals surface area contributed by atoms with Gasteiger partial charge in [0.15, 0.2) is 0 Å². The van der Waals surface area contributed by atoms with Gasteiger partial charge in [-0.15, -0.1) is 0 Å². The van der Waals surface area contributed by atoms with Crippen LogP contribution in [0.2, 0.25) is 0 Å². The van der Waals surface area contributed by atoms with E-state index >= 15 is 0 Å². The minimum absolute atomic E-state index is 0.0203. The molecule has 1 aliphatic rings. The van der Waals surface area contributed by atoms with E-state index in [1.165, 1.54) is 0 Å². The molecule has 0 radical (unpaired) electrons. The molecule has 1 aliphatic carbocycles. The van der Waals surface area contributed by atoms with Crippen LogP contribution in [0, 0.1) is 5.92 Å². The van der Waals surface area contributed by atoms with Crippen molar-refractivity contribution in [2.45, 2.75) is 50.6 Å². The zero-order valence-electron chi connectivity index (χ0n) is 11.3. The van der Waals surface area contributed by atoms with Crippen molar-refractivity contribution in [1.82, 2.24) is 5.32 Å². The van der Waals surface area contributed by atoms with Gasteiger partial charge in [0, 0.05) is 39.5 Å². The van der Waals surface area contributed by atoms with Gasteiger partial charge in [0.05, 0.1) is 5.60 Å². The Labute approximate surface area is 108 Å². The fourth-order valence-corrected chi connectivity index (χ4v) is 2.41. The molecule has 0 amide bonds. The van der Waals surface area contributed by atoms with Crippen LogP contribution in [0.25, 0.3) is 0 Å². The predicted molar refractivity (Wildman–Crippen MR) is 66.9 cm³/mol. The molecule has 18 heavy (non-hydrogen) atoms. The third kappa shape index (κ3) is 6.07. The lowest BCUT2D eigenvalue weighted by atomic mass is 9.86. The molecule has 5 heteroatoms. The highest BCUT2D eigenvalue weighted by atomic mass is 19.3. The van der Waals surface area contributed by atoms with Crippen LogP contribution in [-0.4, -0.2) is 43.4 Å². The molecule has 0 aromatic heterocycles. The van der Waals surface area contributed by atoms with Gasteiger partial charge in [-0.05, 0) is 32.2 Å². The smallest absolute Gasteiger partial charge is 0.248 e. The average molecular weight is 265 g/mol. The third-order valence-electron chi connectivity index (χ3n) is 3.53. The van der Waals surface area contributed by atoms with Crippen LogP contribution in [0.15, 0.2) is 0 Å². The van der Waals surface area contributed by atoms with Crippen LogP contribution in [0.1, 0.15) is 39.0 Å². The van der Waals surface area contributed by atoms with Crippen molar-refractivity contribution in [3.05, 3.63) is 0 Å². The van der Waals surface area contributed by atoms with Crippen molar-refractivity contribution in [2.24, 2.45) is 5.92 Å². The first-order chi connectivity index (χ1) is 8.35. The van der Waals surface area contributed by atoms with Gasteiger partial charge >= 0.3 is 0 Å². The van der Waals surface area contributed by atoms with Crippen LogP contribution in [-0.2, 0) is 4.74 Å². The molecular formula is C13H25F2NO2. The second-order valence-electron chi connectivity index (χ2n) is 5.69. The summed E-state index contributed by atoms with van der Waals surface area (Å²) in [6, 6.07) is 0. The lowest BCUT2D eigenvalue weighted by molar-refractivity contribution is -0.0528. The number of halogens is 2. The van der Waals surface area contributed by atoms with E-state index in [2.05, 4.69) is 5.32 Å². The molecule has 2 unspecified atom stereocenters. The quantitative estimate of drug-likeness (QED) is 0.741. The molecule has 0 heterocycles. The third-order valence-corrected chi connectivity index (χ3v) is 3.53. The Hall–Kier alpha value is -0.260. The van der Waals surface area contributed by atoms with Gasteiger partial charge in [0.1, 0.15) is 0 Å². The Morgan fingerprint density at radius 1 is 1.50 bits per heavy atom. The summed E-state index contributed by atoms with van der Waals surface area (Å²) in [5, 5.41) is 13.1. The number of hydrogen-bond acceptors (Lipinski definition) is 3. The molecule has 108 valence electrons. The van der Waals surface area contributed by atoms with E-state index < -0.39 is 11.5 Å². The highest BCUT2D eigenvalue weighted by Gasteiger charge is 2.36. The molecule has 0 aliphatic heterocycles. The maximum Gasteiger partial charge on any atom is 0.248 e. The van der Waals surface area contributed by atoms with Crippen LogP contribution < -0.4 is 5.32 Å². The number of aliphatic hydroxyl groups is 1. The Morgan fingerprint density at radius 3 is 2.83 bits per heavy atom. The van der Waals surface area contributed by atoms with E-state index in [0.29, 0.717) is 32.5 Å². The van der Waals surface area contributed by atoms with Crippen LogP contribution in [0.4, 0.5) is 8.78 Å². The highest BCUT2D eigenvalue weighted by molar-refractivity contribution is 4.81. The molecule has 1 rings (SSSR count). The van der Waals surface area contributed by atoms with Gasteiger partial charge in [-0.3, -0.25) is 0 Å². The van der Waals surface area contributed by atoms with E-state index in [-0.39, 0.29) is 18.8 Å². The summed E-state index contributed by atoms with van der Waals surface area (Å²) in [7, 11) is 1.59. The lowest BCUT2D eigenvalue weighted by Gasteiger charge is -2.30. The Kier molecular flexibility index (Phi) is 5.95. The first-order valence-electron chi connectivity index (χ1n) is 6.64. The van der Waals surface area contributed by atoms with E-state index in [0.717, 1.165) is 6.42 Å². The molecule has 0 bridgehead atoms. The van der Waals surface area contributed by atoms with Crippen molar-refractivity contribution in [2.75, 3.05) is 26.8 Å². The summed E-state index contributed by atoms with van der Waals surface area (Å²) in [6.45, 7) is 3.20. The summed E-state index contributed by atoms with van der Waals surface area (Å²) in [5.41, 5.74) is -0.840. The van der Waals surface area contributed by atoms with E-state index in [1.807, 2.05) is 0 Å². The second-order valence-corrected chi connectivity index (χ2v) is 5.69. The fraction of sp³-hybridized carbons (Fsp3) is 1.00. The average Bonchev–Trinajstić information content (AvgIpc) is 2.25. The summed E-state index contributed by atoms with van der Waals surface area (Å²) in [4.78, 5) is 0. The van der Waals surface area contributed by atoms with Gasteiger partial charge in [-0.1, -0.05) is 0 Å². The first-order valence-corrected chi connectivity index (χ1v) is 6.64. The molecule has 2 atom stereocenters. The molecule has 0 aromatic carbocycles. The molecule has 1 saturated carbocycles. The van der Waals surface area contributed by atoms with Crippen LogP contribution in [0.3, 0.4) is 0 Å². The van der Waals surface area contributed by atoms with Crippen molar-refractivity contribution in [3.8, 4) is 0 Å². The van der Waals surface area contributed by atoms with Crippen molar-refractivity contribution in [3.63, 3.8) is 0 Å². The monoisotopic (exact) mass is 265 g/mol. The molecule has 0 aromatic rings. The summed E-state index contributed by atoms with van der Waals surface area (Å²) < 4.78 is 31.3. The van der Waals surface area contributed by atoms with Crippen LogP contribution in [0.5, 0.6) is 0 Å². The van der Waals surface area contributed by atoms with E-state index in [4.69, 9.17) is 4.74 Å². The summed E-state index contributed by atoms with van der Waals surface area (Å²) >= 11 is 0. The topological polar surface area (TPSA) is 41.5 Å². The number of rotatable bonds is 7. The van der Waals surface area contributed by atoms with Gasteiger partial charge in [0.25, 0.3) is 0 Å². The molecule has 1 fully saturated rings. The zero-order chi connectivity index (χ0) is 13.6. The maximum absolute atomic E-state index is 13.2. The standard InChI is InChI=1S/C13H25F2NO2/c1-12(17,6-7-18-2)10-16-9-11-4-3-5-13(14,15)8-11/h11,16-17H,3-10H2,1-2H3. The van der Waals surface area contributed by atoms with E-state index in [9.17, 15) is 13.9 Å². The molecule has 0 spiro atoms. The lowest BCUT2D eigenvalue weighted by Crippen LogP contribution is -2.41. The fourth-order valence-electron chi connectivity index (χ4n) is 2.41. The van der Waals surface area contributed by atoms with Gasteiger partial charge < -0.3 is 15.2 Å². The maximum atomic E-state index is 13.2. The Balaban J connectivity index is 2.20. The normalized spacial score (nSPS) is 26.8. The van der Waals surface area contributed by atoms with Gasteiger partial charge in [-0.2, -0.15) is 0 Å². The summed E-state index contributed by atoms with van der Waals surface area (Å²) in [5.74, 6) is -2.48. The largest absolute Gasteiger partial charge is 0.389 e. The molecule has 0 saturated heterocycles. The predicted octanol–water partition coefficient (Wildman–Crippen LogP) is 2.19. The SMILES string of the molecule is COCCC(C)(O)CNCC1CCCC(F)(F)C1. The number of ether oxygens (including phenoxy) is 1. The molecule has 2 N–H and O–H groups in total. The second kappa shape index (κ2) is 6.78. The van der Waals surface area contributed by atoms with Gasteiger partial charge in [0.2, 0.25) is 5.92 Å². The number of nitrogens with one attached hydrogen (secondary N) is 1. The zero-order valence-corrected chi connectivity index (χ0v) is 11.3. The minimum Gasteiger partial charge on any atom is -0.389 e.